The van der Waals surface area contributed by atoms with Crippen molar-refractivity contribution in [3.63, 3.8) is 0 Å². The first-order chi connectivity index (χ1) is 14.5. The van der Waals surface area contributed by atoms with E-state index >= 15 is 0 Å². The number of carbonyl (C=O) groups is 1. The number of benzene rings is 3. The van der Waals surface area contributed by atoms with Crippen LogP contribution in [0, 0.1) is 0 Å². The molecular weight excluding hydrogens is 384 g/mol. The van der Waals surface area contributed by atoms with E-state index in [9.17, 15) is 19.8 Å². The molecule has 2 N–H and O–H groups in total. The summed E-state index contributed by atoms with van der Waals surface area (Å²) in [5.74, 6) is -0.843. The molecule has 1 aliphatic heterocycles. The number of hydrogen-bond donors (Lipinski definition) is 2. The number of fused-ring (bicyclic) bond motifs is 3. The van der Waals surface area contributed by atoms with Gasteiger partial charge in [0.1, 0.15) is 34.5 Å². The molecule has 30 heavy (non-hydrogen) atoms. The van der Waals surface area contributed by atoms with Crippen molar-refractivity contribution in [2.75, 3.05) is 0 Å². The third kappa shape index (κ3) is 2.81. The molecule has 0 amide bonds. The topological polar surface area (TPSA) is 97.0 Å². The first kappa shape index (κ1) is 18.0. The van der Waals surface area contributed by atoms with E-state index in [1.165, 1.54) is 24.5 Å². The molecule has 2 heterocycles. The van der Waals surface area contributed by atoms with Crippen molar-refractivity contribution in [1.82, 2.24) is 0 Å². The average Bonchev–Trinajstić information content (AvgIpc) is 2.74. The van der Waals surface area contributed by atoms with E-state index in [2.05, 4.69) is 0 Å². The molecule has 0 saturated heterocycles. The van der Waals surface area contributed by atoms with Crippen LogP contribution in [-0.4, -0.2) is 16.2 Å². The van der Waals surface area contributed by atoms with Gasteiger partial charge in [0, 0.05) is 17.5 Å². The lowest BCUT2D eigenvalue weighted by molar-refractivity contribution is -0.135. The molecule has 6 nitrogen and oxygen atoms in total. The Hall–Kier alpha value is -4.06. The minimum absolute atomic E-state index is 0.0261. The van der Waals surface area contributed by atoms with Gasteiger partial charge in [-0.25, -0.2) is 0 Å². The van der Waals surface area contributed by atoms with Crippen molar-refractivity contribution in [3.05, 3.63) is 88.3 Å². The molecule has 1 aromatic heterocycles. The summed E-state index contributed by atoms with van der Waals surface area (Å²) in [6.07, 6.45) is 1.43. The molecule has 3 aromatic carbocycles. The van der Waals surface area contributed by atoms with Crippen molar-refractivity contribution >= 4 is 16.9 Å². The van der Waals surface area contributed by atoms with Crippen LogP contribution in [0.4, 0.5) is 0 Å². The summed E-state index contributed by atoms with van der Waals surface area (Å²) in [6, 6.07) is 16.8. The van der Waals surface area contributed by atoms with Crippen LogP contribution in [0.25, 0.3) is 22.1 Å². The molecule has 5 rings (SSSR count). The second-order valence-electron chi connectivity index (χ2n) is 7.18. The van der Waals surface area contributed by atoms with E-state index in [4.69, 9.17) is 9.15 Å². The van der Waals surface area contributed by atoms with Crippen LogP contribution in [0.2, 0.25) is 0 Å². The van der Waals surface area contributed by atoms with Gasteiger partial charge in [-0.15, -0.1) is 0 Å². The van der Waals surface area contributed by atoms with Crippen LogP contribution >= 0.6 is 0 Å². The summed E-state index contributed by atoms with van der Waals surface area (Å²) in [4.78, 5) is 25.4. The quantitative estimate of drug-likeness (QED) is 0.384. The van der Waals surface area contributed by atoms with Crippen LogP contribution in [-0.2, 0) is 4.79 Å². The molecule has 6 heteroatoms. The summed E-state index contributed by atoms with van der Waals surface area (Å²) in [7, 11) is 0. The summed E-state index contributed by atoms with van der Waals surface area (Å²) in [5.41, 5.74) is 2.02. The standard InChI is InChI=1S/C24H16O6/c25-15-8-6-14(7-9-15)17-12-29-24-21-16(13-4-2-1-3-5-13)10-20(27)30-19(21)11-18(26)22(24)23(17)28/h1-9,11-12,16,25-26H,10H2/t16-/m1/s1. The molecule has 4 aromatic rings. The second-order valence-corrected chi connectivity index (χ2v) is 7.18. The van der Waals surface area contributed by atoms with Gasteiger partial charge in [-0.1, -0.05) is 42.5 Å². The van der Waals surface area contributed by atoms with Crippen molar-refractivity contribution < 1.29 is 24.2 Å². The minimum Gasteiger partial charge on any atom is -0.508 e. The second kappa shape index (κ2) is 6.77. The van der Waals surface area contributed by atoms with Gasteiger partial charge in [-0.2, -0.15) is 0 Å². The molecule has 0 spiro atoms. The number of rotatable bonds is 2. The van der Waals surface area contributed by atoms with Crippen molar-refractivity contribution in [2.24, 2.45) is 0 Å². The third-order valence-electron chi connectivity index (χ3n) is 5.35. The Morgan fingerprint density at radius 2 is 1.67 bits per heavy atom. The number of aromatic hydroxyl groups is 2. The number of esters is 1. The van der Waals surface area contributed by atoms with Gasteiger partial charge in [0.15, 0.2) is 0 Å². The van der Waals surface area contributed by atoms with Crippen LogP contribution < -0.4 is 10.2 Å². The molecule has 1 atom stereocenters. The molecule has 0 fully saturated rings. The Morgan fingerprint density at radius 3 is 2.40 bits per heavy atom. The highest BCUT2D eigenvalue weighted by Gasteiger charge is 2.33. The molecule has 0 radical (unpaired) electrons. The Labute approximate surface area is 170 Å². The van der Waals surface area contributed by atoms with E-state index in [1.54, 1.807) is 12.1 Å². The third-order valence-corrected chi connectivity index (χ3v) is 5.35. The highest BCUT2D eigenvalue weighted by atomic mass is 16.5. The lowest BCUT2D eigenvalue weighted by Gasteiger charge is -2.25. The number of phenols is 2. The van der Waals surface area contributed by atoms with E-state index < -0.39 is 11.4 Å². The number of carbonyl (C=O) groups excluding carboxylic acids is 1. The van der Waals surface area contributed by atoms with Crippen LogP contribution in [0.15, 0.2) is 76.1 Å². The zero-order valence-electron chi connectivity index (χ0n) is 15.7. The fourth-order valence-electron chi connectivity index (χ4n) is 3.94. The fourth-order valence-corrected chi connectivity index (χ4v) is 3.94. The zero-order valence-corrected chi connectivity index (χ0v) is 15.7. The van der Waals surface area contributed by atoms with Crippen LogP contribution in [0.1, 0.15) is 23.5 Å². The zero-order chi connectivity index (χ0) is 20.8. The Morgan fingerprint density at radius 1 is 0.933 bits per heavy atom. The lowest BCUT2D eigenvalue weighted by Crippen LogP contribution is -2.22. The SMILES string of the molecule is O=C1C[C@H](c2ccccc2)c2c(cc(O)c3c(=O)c(-c4ccc(O)cc4)coc23)O1. The maximum atomic E-state index is 13.2. The summed E-state index contributed by atoms with van der Waals surface area (Å²) < 4.78 is 11.2. The predicted molar refractivity (Wildman–Crippen MR) is 110 cm³/mol. The van der Waals surface area contributed by atoms with Gasteiger partial charge >= 0.3 is 5.97 Å². The first-order valence-electron chi connectivity index (χ1n) is 9.39. The normalized spacial score (nSPS) is 15.6. The Balaban J connectivity index is 1.79. The van der Waals surface area contributed by atoms with Crippen molar-refractivity contribution in [3.8, 4) is 28.4 Å². The van der Waals surface area contributed by atoms with Crippen LogP contribution in [0.5, 0.6) is 17.2 Å². The van der Waals surface area contributed by atoms with E-state index in [0.29, 0.717) is 11.1 Å². The monoisotopic (exact) mass is 400 g/mol. The smallest absolute Gasteiger partial charge is 0.312 e. The highest BCUT2D eigenvalue weighted by Crippen LogP contribution is 2.45. The van der Waals surface area contributed by atoms with Gasteiger partial charge < -0.3 is 19.4 Å². The van der Waals surface area contributed by atoms with E-state index in [1.807, 2.05) is 30.3 Å². The predicted octanol–water partition coefficient (Wildman–Crippen LogP) is 4.31. The van der Waals surface area contributed by atoms with Gasteiger partial charge in [0.2, 0.25) is 5.43 Å². The van der Waals surface area contributed by atoms with Crippen LogP contribution in [0.3, 0.4) is 0 Å². The first-order valence-corrected chi connectivity index (χ1v) is 9.39. The van der Waals surface area contributed by atoms with Crippen molar-refractivity contribution in [1.29, 1.82) is 0 Å². The minimum atomic E-state index is -0.418. The fraction of sp³-hybridized carbons (Fsp3) is 0.0833. The molecule has 148 valence electrons. The molecular formula is C24H16O6. The number of ether oxygens (including phenoxy) is 1. The van der Waals surface area contributed by atoms with Gasteiger partial charge in [-0.05, 0) is 23.3 Å². The molecule has 1 aliphatic rings. The summed E-state index contributed by atoms with van der Waals surface area (Å²) >= 11 is 0. The summed E-state index contributed by atoms with van der Waals surface area (Å²) in [6.45, 7) is 0. The van der Waals surface area contributed by atoms with E-state index in [0.717, 1.165) is 5.56 Å². The largest absolute Gasteiger partial charge is 0.508 e. The molecule has 0 saturated carbocycles. The average molecular weight is 400 g/mol. The van der Waals surface area contributed by atoms with Crippen molar-refractivity contribution in [2.45, 2.75) is 12.3 Å². The number of hydrogen-bond acceptors (Lipinski definition) is 6. The maximum absolute atomic E-state index is 13.2. The molecule has 0 bridgehead atoms. The highest BCUT2D eigenvalue weighted by molar-refractivity contribution is 5.94. The van der Waals surface area contributed by atoms with Gasteiger partial charge in [-0.3, -0.25) is 9.59 Å². The lowest BCUT2D eigenvalue weighted by atomic mass is 9.85. The molecule has 0 unspecified atom stereocenters. The Kier molecular flexibility index (Phi) is 4.06. The van der Waals surface area contributed by atoms with Gasteiger partial charge in [0.05, 0.1) is 12.0 Å². The van der Waals surface area contributed by atoms with E-state index in [-0.39, 0.29) is 46.1 Å². The van der Waals surface area contributed by atoms with Gasteiger partial charge in [0.25, 0.3) is 0 Å². The number of phenolic OH excluding ortho intramolecular Hbond substituents is 2. The summed E-state index contributed by atoms with van der Waals surface area (Å²) in [5, 5.41) is 20.1. The molecule has 0 aliphatic carbocycles. The Bertz CT molecular complexity index is 1340. The maximum Gasteiger partial charge on any atom is 0.312 e.